The Bertz CT molecular complexity index is 519. The summed E-state index contributed by atoms with van der Waals surface area (Å²) in [6, 6.07) is 3.70. The fourth-order valence-corrected chi connectivity index (χ4v) is 4.09. The van der Waals surface area contributed by atoms with Crippen LogP contribution < -0.4 is 10.5 Å². The van der Waals surface area contributed by atoms with Crippen LogP contribution in [-0.4, -0.2) is 32.2 Å². The first kappa shape index (κ1) is 16.4. The van der Waals surface area contributed by atoms with E-state index in [1.54, 1.807) is 12.4 Å². The number of aromatic nitrogens is 1. The first-order chi connectivity index (χ1) is 10.1. The Morgan fingerprint density at radius 1 is 1.19 bits per heavy atom. The van der Waals surface area contributed by atoms with Gasteiger partial charge in [-0.05, 0) is 55.3 Å². The van der Waals surface area contributed by atoms with E-state index in [2.05, 4.69) is 9.71 Å². The Hall–Kier alpha value is -0.980. The van der Waals surface area contributed by atoms with Crippen LogP contribution in [0.25, 0.3) is 0 Å². The topological polar surface area (TPSA) is 85.1 Å². The van der Waals surface area contributed by atoms with Crippen LogP contribution in [0.1, 0.15) is 31.2 Å². The first-order valence-corrected chi connectivity index (χ1v) is 9.32. The van der Waals surface area contributed by atoms with Crippen molar-refractivity contribution in [2.45, 2.75) is 32.1 Å². The summed E-state index contributed by atoms with van der Waals surface area (Å²) in [7, 11) is -3.22. The van der Waals surface area contributed by atoms with Crippen LogP contribution in [0.4, 0.5) is 0 Å². The van der Waals surface area contributed by atoms with Crippen molar-refractivity contribution in [3.63, 3.8) is 0 Å². The SMILES string of the molecule is NCC1CCCCC1CNS(=O)(=O)CCc1ccncc1. The fraction of sp³-hybridized carbons (Fsp3) is 0.667. The molecular formula is C15H25N3O2S. The second-order valence-corrected chi connectivity index (χ2v) is 7.74. The summed E-state index contributed by atoms with van der Waals surface area (Å²) < 4.78 is 26.9. The molecule has 5 nitrogen and oxygen atoms in total. The summed E-state index contributed by atoms with van der Waals surface area (Å²) in [5.74, 6) is 0.970. The van der Waals surface area contributed by atoms with E-state index in [0.29, 0.717) is 31.3 Å². The Morgan fingerprint density at radius 2 is 1.86 bits per heavy atom. The van der Waals surface area contributed by atoms with Crippen molar-refractivity contribution in [2.75, 3.05) is 18.8 Å². The van der Waals surface area contributed by atoms with Gasteiger partial charge in [0.25, 0.3) is 0 Å². The lowest BCUT2D eigenvalue weighted by molar-refractivity contribution is 0.244. The maximum atomic E-state index is 12.1. The number of nitrogens with one attached hydrogen (secondary N) is 1. The van der Waals surface area contributed by atoms with Gasteiger partial charge >= 0.3 is 0 Å². The molecule has 0 spiro atoms. The Labute approximate surface area is 127 Å². The van der Waals surface area contributed by atoms with E-state index in [0.717, 1.165) is 18.4 Å². The molecule has 0 amide bonds. The van der Waals surface area contributed by atoms with Gasteiger partial charge in [-0.25, -0.2) is 13.1 Å². The molecule has 0 radical (unpaired) electrons. The smallest absolute Gasteiger partial charge is 0.211 e. The Kier molecular flexibility index (Phi) is 6.14. The molecule has 1 aliphatic carbocycles. The molecule has 1 saturated carbocycles. The average Bonchev–Trinajstić information content (AvgIpc) is 2.52. The lowest BCUT2D eigenvalue weighted by Crippen LogP contribution is -2.38. The molecule has 0 aliphatic heterocycles. The zero-order chi connectivity index (χ0) is 15.1. The minimum Gasteiger partial charge on any atom is -0.330 e. The highest BCUT2D eigenvalue weighted by molar-refractivity contribution is 7.89. The maximum absolute atomic E-state index is 12.1. The van der Waals surface area contributed by atoms with Crippen molar-refractivity contribution in [3.05, 3.63) is 30.1 Å². The van der Waals surface area contributed by atoms with Crippen molar-refractivity contribution in [1.29, 1.82) is 0 Å². The number of nitrogens with zero attached hydrogens (tertiary/aromatic N) is 1. The lowest BCUT2D eigenvalue weighted by Gasteiger charge is -2.30. The van der Waals surface area contributed by atoms with Crippen LogP contribution in [0.3, 0.4) is 0 Å². The van der Waals surface area contributed by atoms with Crippen LogP contribution in [0.5, 0.6) is 0 Å². The summed E-state index contributed by atoms with van der Waals surface area (Å²) in [6.45, 7) is 1.18. The van der Waals surface area contributed by atoms with Gasteiger partial charge in [-0.1, -0.05) is 12.8 Å². The number of sulfonamides is 1. The third-order valence-corrected chi connectivity index (χ3v) is 5.69. The van der Waals surface area contributed by atoms with Crippen molar-refractivity contribution in [1.82, 2.24) is 9.71 Å². The van der Waals surface area contributed by atoms with Crippen molar-refractivity contribution in [2.24, 2.45) is 17.6 Å². The highest BCUT2D eigenvalue weighted by atomic mass is 32.2. The molecule has 3 N–H and O–H groups in total. The van der Waals surface area contributed by atoms with Gasteiger partial charge in [-0.15, -0.1) is 0 Å². The van der Waals surface area contributed by atoms with E-state index in [1.807, 2.05) is 12.1 Å². The molecule has 1 aromatic rings. The monoisotopic (exact) mass is 311 g/mol. The number of nitrogens with two attached hydrogens (primary N) is 1. The van der Waals surface area contributed by atoms with Crippen molar-refractivity contribution >= 4 is 10.0 Å². The van der Waals surface area contributed by atoms with Crippen LogP contribution in [0, 0.1) is 11.8 Å². The maximum Gasteiger partial charge on any atom is 0.211 e. The molecule has 1 aliphatic rings. The van der Waals surface area contributed by atoms with Gasteiger partial charge in [0.15, 0.2) is 0 Å². The number of rotatable bonds is 7. The largest absolute Gasteiger partial charge is 0.330 e. The normalized spacial score (nSPS) is 23.1. The average molecular weight is 311 g/mol. The van der Waals surface area contributed by atoms with E-state index in [4.69, 9.17) is 5.73 Å². The van der Waals surface area contributed by atoms with E-state index in [1.165, 1.54) is 12.8 Å². The van der Waals surface area contributed by atoms with Crippen LogP contribution in [-0.2, 0) is 16.4 Å². The Morgan fingerprint density at radius 3 is 2.52 bits per heavy atom. The summed E-state index contributed by atoms with van der Waals surface area (Å²) >= 11 is 0. The van der Waals surface area contributed by atoms with Crippen molar-refractivity contribution in [3.8, 4) is 0 Å². The highest BCUT2D eigenvalue weighted by Gasteiger charge is 2.25. The van der Waals surface area contributed by atoms with Crippen LogP contribution >= 0.6 is 0 Å². The van der Waals surface area contributed by atoms with E-state index in [9.17, 15) is 8.42 Å². The van der Waals surface area contributed by atoms with Crippen LogP contribution in [0.2, 0.25) is 0 Å². The molecule has 6 heteroatoms. The first-order valence-electron chi connectivity index (χ1n) is 7.67. The van der Waals surface area contributed by atoms with E-state index in [-0.39, 0.29) is 5.75 Å². The van der Waals surface area contributed by atoms with Crippen LogP contribution in [0.15, 0.2) is 24.5 Å². The summed E-state index contributed by atoms with van der Waals surface area (Å²) in [5.41, 5.74) is 6.78. The molecule has 1 heterocycles. The molecule has 0 aromatic carbocycles. The summed E-state index contributed by atoms with van der Waals surface area (Å²) in [5, 5.41) is 0. The van der Waals surface area contributed by atoms with E-state index < -0.39 is 10.0 Å². The van der Waals surface area contributed by atoms with Gasteiger partial charge in [0.2, 0.25) is 10.0 Å². The van der Waals surface area contributed by atoms with Gasteiger partial charge in [0.1, 0.15) is 0 Å². The summed E-state index contributed by atoms with van der Waals surface area (Å²) in [6.07, 6.45) is 8.48. The number of aryl methyl sites for hydroxylation is 1. The molecule has 0 bridgehead atoms. The zero-order valence-electron chi connectivity index (χ0n) is 12.4. The predicted octanol–water partition coefficient (Wildman–Crippen LogP) is 1.31. The van der Waals surface area contributed by atoms with Gasteiger partial charge in [0, 0.05) is 18.9 Å². The van der Waals surface area contributed by atoms with Gasteiger partial charge in [0.05, 0.1) is 5.75 Å². The third kappa shape index (κ3) is 5.37. The third-order valence-electron chi connectivity index (χ3n) is 4.34. The molecule has 2 rings (SSSR count). The minimum atomic E-state index is -3.22. The molecule has 2 atom stereocenters. The summed E-state index contributed by atoms with van der Waals surface area (Å²) in [4.78, 5) is 3.93. The second-order valence-electron chi connectivity index (χ2n) is 5.81. The number of pyridine rings is 1. The molecule has 2 unspecified atom stereocenters. The molecule has 1 fully saturated rings. The second kappa shape index (κ2) is 7.87. The lowest BCUT2D eigenvalue weighted by atomic mass is 9.79. The van der Waals surface area contributed by atoms with Gasteiger partial charge in [-0.2, -0.15) is 0 Å². The minimum absolute atomic E-state index is 0.122. The molecule has 1 aromatic heterocycles. The van der Waals surface area contributed by atoms with Gasteiger partial charge < -0.3 is 5.73 Å². The van der Waals surface area contributed by atoms with E-state index >= 15 is 0 Å². The van der Waals surface area contributed by atoms with Gasteiger partial charge in [-0.3, -0.25) is 4.98 Å². The number of hydrogen-bond donors (Lipinski definition) is 2. The quantitative estimate of drug-likeness (QED) is 0.795. The zero-order valence-corrected chi connectivity index (χ0v) is 13.2. The Balaban J connectivity index is 1.80. The molecule has 21 heavy (non-hydrogen) atoms. The fourth-order valence-electron chi connectivity index (χ4n) is 2.97. The molecular weight excluding hydrogens is 286 g/mol. The standard InChI is InChI=1S/C15H25N3O2S/c16-11-14-3-1-2-4-15(14)12-18-21(19,20)10-7-13-5-8-17-9-6-13/h5-6,8-9,14-15,18H,1-4,7,10-12,16H2. The molecule has 118 valence electrons. The number of hydrogen-bond acceptors (Lipinski definition) is 4. The predicted molar refractivity (Wildman–Crippen MR) is 84.2 cm³/mol. The highest BCUT2D eigenvalue weighted by Crippen LogP contribution is 2.28. The van der Waals surface area contributed by atoms with Crippen molar-refractivity contribution < 1.29 is 8.42 Å². The molecule has 0 saturated heterocycles.